The molecule has 2 saturated carbocycles. The molecule has 3 aromatic rings. The van der Waals surface area contributed by atoms with Crippen LogP contribution >= 0.6 is 11.3 Å². The second kappa shape index (κ2) is 6.74. The molecule has 1 spiro atoms. The highest BCUT2D eigenvalue weighted by Crippen LogP contribution is 2.71. The molecule has 0 aromatic carbocycles. The number of aromatic nitrogens is 3. The Labute approximate surface area is 185 Å². The van der Waals surface area contributed by atoms with Crippen LogP contribution in [0.3, 0.4) is 0 Å². The lowest BCUT2D eigenvalue weighted by atomic mass is 9.73. The Bertz CT molecular complexity index is 1180. The summed E-state index contributed by atoms with van der Waals surface area (Å²) in [5.41, 5.74) is 0.294. The Morgan fingerprint density at radius 3 is 2.75 bits per heavy atom. The van der Waals surface area contributed by atoms with Crippen LogP contribution in [0, 0.1) is 11.3 Å². The predicted octanol–water partition coefficient (Wildman–Crippen LogP) is 4.30. The Balaban J connectivity index is 1.24. The van der Waals surface area contributed by atoms with Gasteiger partial charge in [-0.05, 0) is 37.0 Å². The van der Waals surface area contributed by atoms with E-state index in [1.807, 2.05) is 16.3 Å². The molecular weight excluding hydrogens is 441 g/mol. The highest BCUT2D eigenvalue weighted by molar-refractivity contribution is 7.13. The van der Waals surface area contributed by atoms with E-state index in [1.54, 1.807) is 18.5 Å². The van der Waals surface area contributed by atoms with Crippen molar-refractivity contribution in [2.45, 2.75) is 31.2 Å². The van der Waals surface area contributed by atoms with Crippen LogP contribution in [0.1, 0.15) is 28.9 Å². The Hall–Kier alpha value is -3.01. The highest BCUT2D eigenvalue weighted by Gasteiger charge is 2.76. The van der Waals surface area contributed by atoms with Crippen molar-refractivity contribution in [3.05, 3.63) is 59.5 Å². The minimum atomic E-state index is -4.44. The molecule has 3 aromatic heterocycles. The fourth-order valence-electron chi connectivity index (χ4n) is 5.27. The van der Waals surface area contributed by atoms with Crippen molar-refractivity contribution in [1.82, 2.24) is 19.9 Å². The monoisotopic (exact) mass is 458 g/mol. The molecule has 4 heterocycles. The van der Waals surface area contributed by atoms with Crippen LogP contribution in [0.15, 0.2) is 48.2 Å². The number of likely N-dealkylation sites (tertiary alicyclic amines) is 1. The molecule has 32 heavy (non-hydrogen) atoms. The maximum Gasteiger partial charge on any atom is 0.417 e. The molecule has 164 valence electrons. The molecular formula is C22H17F3N4O2S. The fraction of sp³-hybridized carbons (Fsp3) is 0.364. The average molecular weight is 458 g/mol. The van der Waals surface area contributed by atoms with Gasteiger partial charge in [0.25, 0.3) is 5.91 Å². The minimum Gasteiger partial charge on any atom is -0.472 e. The lowest BCUT2D eigenvalue weighted by Crippen LogP contribution is -2.59. The molecule has 10 heteroatoms. The smallest absolute Gasteiger partial charge is 0.417 e. The van der Waals surface area contributed by atoms with Gasteiger partial charge in [0.2, 0.25) is 5.88 Å². The number of rotatable bonds is 4. The summed E-state index contributed by atoms with van der Waals surface area (Å²) in [5, 5.41) is 2.58. The number of carbonyl (C=O) groups excluding carboxylic acids is 1. The number of halogens is 3. The highest BCUT2D eigenvalue weighted by atomic mass is 32.1. The molecule has 0 bridgehead atoms. The van der Waals surface area contributed by atoms with Gasteiger partial charge in [0, 0.05) is 47.6 Å². The summed E-state index contributed by atoms with van der Waals surface area (Å²) >= 11 is 1.44. The zero-order chi connectivity index (χ0) is 22.1. The van der Waals surface area contributed by atoms with Gasteiger partial charge in [0.1, 0.15) is 16.8 Å². The van der Waals surface area contributed by atoms with E-state index >= 15 is 0 Å². The van der Waals surface area contributed by atoms with E-state index in [1.165, 1.54) is 17.4 Å². The lowest BCUT2D eigenvalue weighted by molar-refractivity contribution is -0.137. The van der Waals surface area contributed by atoms with Crippen LogP contribution in [0.4, 0.5) is 13.2 Å². The molecule has 2 aliphatic carbocycles. The molecule has 1 aliphatic heterocycles. The van der Waals surface area contributed by atoms with Gasteiger partial charge in [-0.15, -0.1) is 11.3 Å². The van der Waals surface area contributed by atoms with Crippen LogP contribution in [0.25, 0.3) is 10.6 Å². The zero-order valence-corrected chi connectivity index (χ0v) is 17.4. The van der Waals surface area contributed by atoms with Crippen molar-refractivity contribution >= 4 is 17.2 Å². The van der Waals surface area contributed by atoms with E-state index in [0.29, 0.717) is 23.7 Å². The van der Waals surface area contributed by atoms with Crippen molar-refractivity contribution in [2.75, 3.05) is 6.54 Å². The van der Waals surface area contributed by atoms with Gasteiger partial charge in [0.15, 0.2) is 0 Å². The number of pyridine rings is 2. The SMILES string of the molecule is O=C(c1ncccc1-c1nccs1)N1CC2CC23CC(Oc2ccc(C(F)(F)F)cn2)C13. The van der Waals surface area contributed by atoms with Crippen LogP contribution in [-0.4, -0.2) is 44.4 Å². The lowest BCUT2D eigenvalue weighted by Gasteiger charge is -2.46. The molecule has 1 amide bonds. The van der Waals surface area contributed by atoms with Gasteiger partial charge >= 0.3 is 6.18 Å². The average Bonchev–Trinajstić information content (AvgIpc) is 3.14. The number of hydrogen-bond acceptors (Lipinski definition) is 6. The summed E-state index contributed by atoms with van der Waals surface area (Å²) in [6, 6.07) is 5.69. The molecule has 0 radical (unpaired) electrons. The summed E-state index contributed by atoms with van der Waals surface area (Å²) in [4.78, 5) is 27.8. The van der Waals surface area contributed by atoms with Gasteiger partial charge in [0.05, 0.1) is 11.6 Å². The van der Waals surface area contributed by atoms with Gasteiger partial charge in [-0.3, -0.25) is 9.78 Å². The first kappa shape index (κ1) is 19.7. The summed E-state index contributed by atoms with van der Waals surface area (Å²) in [6.45, 7) is 0.637. The topological polar surface area (TPSA) is 68.2 Å². The molecule has 6 nitrogen and oxygen atoms in total. The van der Waals surface area contributed by atoms with Gasteiger partial charge in [-0.2, -0.15) is 13.2 Å². The largest absolute Gasteiger partial charge is 0.472 e. The van der Waals surface area contributed by atoms with E-state index in [4.69, 9.17) is 4.74 Å². The summed E-state index contributed by atoms with van der Waals surface area (Å²) < 4.78 is 44.3. The molecule has 3 aliphatic rings. The van der Waals surface area contributed by atoms with Crippen molar-refractivity contribution in [1.29, 1.82) is 0 Å². The predicted molar refractivity (Wildman–Crippen MR) is 109 cm³/mol. The normalized spacial score (nSPS) is 28.0. The molecule has 4 atom stereocenters. The number of alkyl halides is 3. The standard InChI is InChI=1S/C22H17F3N4O2S/c23-22(24,25)12-3-4-16(28-10-12)31-15-9-21-8-13(21)11-29(18(15)21)20(30)17-14(2-1-5-26-17)19-27-6-7-32-19/h1-7,10,13,15,18H,8-9,11H2. The molecule has 3 fully saturated rings. The Kier molecular flexibility index (Phi) is 4.14. The molecule has 4 unspecified atom stereocenters. The van der Waals surface area contributed by atoms with Gasteiger partial charge in [-0.1, -0.05) is 0 Å². The number of nitrogens with zero attached hydrogens (tertiary/aromatic N) is 4. The number of carbonyl (C=O) groups is 1. The first-order chi connectivity index (χ1) is 15.4. The Morgan fingerprint density at radius 2 is 2.03 bits per heavy atom. The quantitative estimate of drug-likeness (QED) is 0.583. The number of ether oxygens (including phenoxy) is 1. The van der Waals surface area contributed by atoms with E-state index < -0.39 is 11.7 Å². The third-order valence-corrected chi connectivity index (χ3v) is 7.63. The zero-order valence-electron chi connectivity index (χ0n) is 16.6. The second-order valence-corrected chi connectivity index (χ2v) is 9.41. The number of thiazole rings is 1. The van der Waals surface area contributed by atoms with Crippen LogP contribution in [-0.2, 0) is 6.18 Å². The summed E-state index contributed by atoms with van der Waals surface area (Å²) in [7, 11) is 0. The third-order valence-electron chi connectivity index (χ3n) is 6.82. The van der Waals surface area contributed by atoms with Gasteiger partial charge in [-0.25, -0.2) is 9.97 Å². The first-order valence-electron chi connectivity index (χ1n) is 10.2. The van der Waals surface area contributed by atoms with E-state index in [2.05, 4.69) is 15.0 Å². The summed E-state index contributed by atoms with van der Waals surface area (Å²) in [6.07, 6.45) is 1.13. The maximum atomic E-state index is 13.5. The number of hydrogen-bond donors (Lipinski definition) is 0. The molecule has 6 rings (SSSR count). The van der Waals surface area contributed by atoms with Crippen molar-refractivity contribution in [3.63, 3.8) is 0 Å². The molecule has 1 saturated heterocycles. The van der Waals surface area contributed by atoms with E-state index in [-0.39, 0.29) is 29.3 Å². The Morgan fingerprint density at radius 1 is 1.16 bits per heavy atom. The number of amides is 1. The minimum absolute atomic E-state index is 0.0579. The summed E-state index contributed by atoms with van der Waals surface area (Å²) in [5.74, 6) is 0.403. The number of piperidine rings is 1. The van der Waals surface area contributed by atoms with Crippen LogP contribution < -0.4 is 4.74 Å². The second-order valence-electron chi connectivity index (χ2n) is 8.52. The van der Waals surface area contributed by atoms with Crippen molar-refractivity contribution in [3.8, 4) is 16.5 Å². The van der Waals surface area contributed by atoms with E-state index in [0.717, 1.165) is 30.1 Å². The van der Waals surface area contributed by atoms with Gasteiger partial charge < -0.3 is 9.64 Å². The maximum absolute atomic E-state index is 13.5. The molecule has 0 N–H and O–H groups in total. The van der Waals surface area contributed by atoms with Crippen molar-refractivity contribution in [2.24, 2.45) is 11.3 Å². The third kappa shape index (κ3) is 2.92. The van der Waals surface area contributed by atoms with Crippen LogP contribution in [0.5, 0.6) is 5.88 Å². The first-order valence-corrected chi connectivity index (χ1v) is 11.1. The fourth-order valence-corrected chi connectivity index (χ4v) is 5.93. The van der Waals surface area contributed by atoms with Crippen molar-refractivity contribution < 1.29 is 22.7 Å². The van der Waals surface area contributed by atoms with Crippen LogP contribution in [0.2, 0.25) is 0 Å². The van der Waals surface area contributed by atoms with E-state index in [9.17, 15) is 18.0 Å².